The molecule has 1 spiro atoms. The number of pyridine rings is 1. The van der Waals surface area contributed by atoms with Gasteiger partial charge in [-0.05, 0) is 78.8 Å². The van der Waals surface area contributed by atoms with Crippen LogP contribution in [0.15, 0.2) is 54.9 Å². The molecule has 0 saturated carbocycles. The van der Waals surface area contributed by atoms with Gasteiger partial charge in [0, 0.05) is 50.8 Å². The number of para-hydroxylation sites is 1. The number of rotatable bonds is 4. The molecule has 1 saturated heterocycles. The zero-order valence-corrected chi connectivity index (χ0v) is 22.9. The highest BCUT2D eigenvalue weighted by atomic mass is 16.5. The fourth-order valence-corrected chi connectivity index (χ4v) is 5.96. The Morgan fingerprint density at radius 3 is 2.61 bits per heavy atom. The van der Waals surface area contributed by atoms with Crippen molar-refractivity contribution in [3.8, 4) is 5.75 Å². The summed E-state index contributed by atoms with van der Waals surface area (Å²) >= 11 is 0. The highest BCUT2D eigenvalue weighted by molar-refractivity contribution is 5.92. The van der Waals surface area contributed by atoms with Gasteiger partial charge >= 0.3 is 0 Å². The van der Waals surface area contributed by atoms with Gasteiger partial charge in [0.1, 0.15) is 18.1 Å². The van der Waals surface area contributed by atoms with E-state index in [0.29, 0.717) is 18.2 Å². The van der Waals surface area contributed by atoms with Crippen molar-refractivity contribution in [2.45, 2.75) is 64.8 Å². The summed E-state index contributed by atoms with van der Waals surface area (Å²) in [6.07, 6.45) is 10.4. The molecule has 2 aliphatic rings. The van der Waals surface area contributed by atoms with Gasteiger partial charge in [0.2, 0.25) is 0 Å². The molecule has 38 heavy (non-hydrogen) atoms. The summed E-state index contributed by atoms with van der Waals surface area (Å²) in [4.78, 5) is 22.0. The second-order valence-corrected chi connectivity index (χ2v) is 11.4. The van der Waals surface area contributed by atoms with Crippen molar-refractivity contribution in [2.75, 3.05) is 32.8 Å². The molecule has 1 amide bonds. The third kappa shape index (κ3) is 6.44. The van der Waals surface area contributed by atoms with Crippen molar-refractivity contribution < 1.29 is 9.53 Å². The number of piperidine rings is 1. The van der Waals surface area contributed by atoms with E-state index in [9.17, 15) is 4.79 Å². The van der Waals surface area contributed by atoms with Gasteiger partial charge in [0.05, 0.1) is 0 Å². The molecular weight excluding hydrogens is 474 g/mol. The third-order valence-electron chi connectivity index (χ3n) is 8.31. The summed E-state index contributed by atoms with van der Waals surface area (Å²) in [5, 5.41) is 7.36. The number of nitrogens with zero attached hydrogens (tertiary/aromatic N) is 4. The molecule has 202 valence electrons. The molecule has 4 heterocycles. The molecule has 5 rings (SSSR count). The average Bonchev–Trinajstić information content (AvgIpc) is 3.43. The van der Waals surface area contributed by atoms with Crippen LogP contribution in [0.3, 0.4) is 0 Å². The zero-order valence-electron chi connectivity index (χ0n) is 22.9. The van der Waals surface area contributed by atoms with Crippen LogP contribution in [-0.4, -0.2) is 63.7 Å². The highest BCUT2D eigenvalue weighted by Crippen LogP contribution is 2.39. The number of benzene rings is 1. The van der Waals surface area contributed by atoms with Gasteiger partial charge in [-0.2, -0.15) is 5.10 Å². The fourth-order valence-electron chi connectivity index (χ4n) is 5.96. The lowest BCUT2D eigenvalue weighted by Gasteiger charge is -2.45. The Kier molecular flexibility index (Phi) is 8.42. The topological polar surface area (TPSA) is 74.3 Å². The first kappa shape index (κ1) is 26.4. The number of carbonyl (C=O) groups excluding carboxylic acids is 1. The molecule has 2 aromatic heterocycles. The molecule has 0 bridgehead atoms. The molecule has 7 heteroatoms. The molecule has 3 aromatic rings. The van der Waals surface area contributed by atoms with Crippen LogP contribution < -0.4 is 4.74 Å². The van der Waals surface area contributed by atoms with Crippen molar-refractivity contribution in [1.29, 1.82) is 0 Å². The number of aromatic nitrogens is 3. The molecule has 0 aliphatic carbocycles. The summed E-state index contributed by atoms with van der Waals surface area (Å²) in [6.45, 7) is 9.21. The minimum atomic E-state index is 0.0507. The van der Waals surface area contributed by atoms with E-state index in [4.69, 9.17) is 4.74 Å². The molecule has 0 atom stereocenters. The van der Waals surface area contributed by atoms with Crippen LogP contribution in [-0.2, 0) is 13.0 Å². The number of hydrogen-bond donors (Lipinski definition) is 1. The van der Waals surface area contributed by atoms with Crippen LogP contribution in [0.25, 0.3) is 0 Å². The minimum absolute atomic E-state index is 0.0507. The van der Waals surface area contributed by atoms with Gasteiger partial charge < -0.3 is 9.64 Å². The van der Waals surface area contributed by atoms with Crippen molar-refractivity contribution in [2.24, 2.45) is 5.41 Å². The van der Waals surface area contributed by atoms with Gasteiger partial charge in [-0.25, -0.2) is 0 Å². The maximum atomic E-state index is 13.2. The molecule has 2 aliphatic heterocycles. The first-order valence-electron chi connectivity index (χ1n) is 14.2. The SMILES string of the molecule is CC(C)c1cc(C(=O)N2CCC3(CCCCc4ccccc4OCCN(Cc4ccncc4)C3)CC2)n[nH]1. The molecule has 0 radical (unpaired) electrons. The van der Waals surface area contributed by atoms with E-state index in [1.54, 1.807) is 0 Å². The van der Waals surface area contributed by atoms with Crippen molar-refractivity contribution in [3.63, 3.8) is 0 Å². The number of H-pyrrole nitrogens is 1. The Morgan fingerprint density at radius 1 is 1.05 bits per heavy atom. The normalized spacial score (nSPS) is 18.9. The summed E-state index contributed by atoms with van der Waals surface area (Å²) < 4.78 is 6.30. The number of ether oxygens (including phenoxy) is 1. The second kappa shape index (κ2) is 12.1. The molecular formula is C31H41N5O2. The molecule has 7 nitrogen and oxygen atoms in total. The number of likely N-dealkylation sites (tertiary alicyclic amines) is 1. The lowest BCUT2D eigenvalue weighted by Crippen LogP contribution is -2.48. The number of amides is 1. The van der Waals surface area contributed by atoms with E-state index < -0.39 is 0 Å². The average molecular weight is 516 g/mol. The number of hydrogen-bond acceptors (Lipinski definition) is 5. The summed E-state index contributed by atoms with van der Waals surface area (Å²) in [7, 11) is 0. The summed E-state index contributed by atoms with van der Waals surface area (Å²) in [6, 6.07) is 14.6. The van der Waals surface area contributed by atoms with E-state index in [1.165, 1.54) is 24.0 Å². The molecule has 1 N–H and O–H groups in total. The smallest absolute Gasteiger partial charge is 0.274 e. The van der Waals surface area contributed by atoms with Crippen LogP contribution in [0.4, 0.5) is 0 Å². The van der Waals surface area contributed by atoms with Gasteiger partial charge in [0.25, 0.3) is 5.91 Å². The molecule has 0 unspecified atom stereocenters. The lowest BCUT2D eigenvalue weighted by atomic mass is 9.73. The lowest BCUT2D eigenvalue weighted by molar-refractivity contribution is 0.0357. The van der Waals surface area contributed by atoms with Gasteiger partial charge in [-0.3, -0.25) is 19.8 Å². The number of fused-ring (bicyclic) bond motifs is 1. The Bertz CT molecular complexity index is 1180. The van der Waals surface area contributed by atoms with Gasteiger partial charge in [0.15, 0.2) is 0 Å². The largest absolute Gasteiger partial charge is 0.492 e. The van der Waals surface area contributed by atoms with Crippen LogP contribution in [0.2, 0.25) is 0 Å². The summed E-state index contributed by atoms with van der Waals surface area (Å²) in [5.41, 5.74) is 4.32. The van der Waals surface area contributed by atoms with Crippen LogP contribution in [0.5, 0.6) is 5.75 Å². The second-order valence-electron chi connectivity index (χ2n) is 11.4. The van der Waals surface area contributed by atoms with Crippen molar-refractivity contribution in [1.82, 2.24) is 25.0 Å². The van der Waals surface area contributed by atoms with Crippen LogP contribution in [0.1, 0.15) is 79.2 Å². The zero-order chi connectivity index (χ0) is 26.4. The van der Waals surface area contributed by atoms with Gasteiger partial charge in [-0.15, -0.1) is 0 Å². The fraction of sp³-hybridized carbons (Fsp3) is 0.516. The van der Waals surface area contributed by atoms with E-state index in [2.05, 4.69) is 70.3 Å². The van der Waals surface area contributed by atoms with E-state index in [1.807, 2.05) is 23.4 Å². The Labute approximate surface area is 226 Å². The minimum Gasteiger partial charge on any atom is -0.492 e. The van der Waals surface area contributed by atoms with Gasteiger partial charge in [-0.1, -0.05) is 38.5 Å². The third-order valence-corrected chi connectivity index (χ3v) is 8.31. The van der Waals surface area contributed by atoms with Crippen LogP contribution >= 0.6 is 0 Å². The monoisotopic (exact) mass is 515 g/mol. The Hall–Kier alpha value is -3.19. The van der Waals surface area contributed by atoms with Crippen LogP contribution in [0, 0.1) is 5.41 Å². The maximum Gasteiger partial charge on any atom is 0.274 e. The molecule has 1 aromatic carbocycles. The number of aryl methyl sites for hydroxylation is 1. The Morgan fingerprint density at radius 2 is 1.84 bits per heavy atom. The standard InChI is InChI=1S/C31H41N5O2/c1-24(2)27-21-28(34-33-27)30(37)36-17-13-31(14-18-36)12-6-5-8-26-7-3-4-9-29(26)38-20-19-35(23-31)22-25-10-15-32-16-11-25/h3-4,7,9-11,15-16,21,24H,5-6,8,12-14,17-20,22-23H2,1-2H3,(H,33,34). The number of carbonyl (C=O) groups is 1. The quantitative estimate of drug-likeness (QED) is 0.500. The predicted molar refractivity (Wildman–Crippen MR) is 149 cm³/mol. The first-order chi connectivity index (χ1) is 18.5. The molecule has 1 fully saturated rings. The van der Waals surface area contributed by atoms with E-state index in [0.717, 1.165) is 69.9 Å². The Balaban J connectivity index is 1.31. The summed E-state index contributed by atoms with van der Waals surface area (Å²) in [5.74, 6) is 1.40. The highest BCUT2D eigenvalue weighted by Gasteiger charge is 2.37. The maximum absolute atomic E-state index is 13.2. The van der Waals surface area contributed by atoms with E-state index >= 15 is 0 Å². The van der Waals surface area contributed by atoms with Crippen molar-refractivity contribution >= 4 is 5.91 Å². The first-order valence-corrected chi connectivity index (χ1v) is 14.2. The van der Waals surface area contributed by atoms with Crippen molar-refractivity contribution in [3.05, 3.63) is 77.4 Å². The number of nitrogens with one attached hydrogen (secondary N) is 1. The number of aromatic amines is 1. The predicted octanol–water partition coefficient (Wildman–Crippen LogP) is 5.46. The van der Waals surface area contributed by atoms with E-state index in [-0.39, 0.29) is 11.3 Å².